The topological polar surface area (TPSA) is 35.5 Å². The Morgan fingerprint density at radius 1 is 0.872 bits per heavy atom. The molecule has 2 N–H and O–H groups in total. The summed E-state index contributed by atoms with van der Waals surface area (Å²) in [5.41, 5.74) is 7.00. The van der Waals surface area contributed by atoms with Gasteiger partial charge in [-0.15, -0.1) is 0 Å². The van der Waals surface area contributed by atoms with Gasteiger partial charge in [0.15, 0.2) is 0 Å². The summed E-state index contributed by atoms with van der Waals surface area (Å²) in [5, 5.41) is 14.5. The zero-order valence-electron chi connectivity index (χ0n) is 23.5. The van der Waals surface area contributed by atoms with Crippen LogP contribution in [-0.2, 0) is 13.0 Å². The van der Waals surface area contributed by atoms with Gasteiger partial charge < -0.3 is 10.4 Å². The third kappa shape index (κ3) is 4.99. The summed E-state index contributed by atoms with van der Waals surface area (Å²) in [4.78, 5) is 2.74. The van der Waals surface area contributed by atoms with Crippen LogP contribution in [-0.4, -0.2) is 21.6 Å². The Bertz CT molecular complexity index is 1250. The molecule has 204 valence electrons. The molecule has 2 atom stereocenters. The summed E-state index contributed by atoms with van der Waals surface area (Å²) in [6, 6.07) is 27.1. The standard InChI is InChI=1S/C36H44N2O/c1-2-3-9-32-19-30-20-33(39)14-15-34(30)35(38(32)24-25-7-5-4-6-8-25)29-10-12-31(13-11-29)37-36-21-26-16-27(22-36)18-28(17-26)23-36/h4-8,10-15,20,26-28,32,35,37,39H,2-3,9,16-19,21-24H2,1H3/t26?,27?,28?,32-,35-,36?/m0/s1. The van der Waals surface area contributed by atoms with Gasteiger partial charge in [-0.05, 0) is 116 Å². The summed E-state index contributed by atoms with van der Waals surface area (Å²) in [6.45, 7) is 3.23. The molecule has 1 heterocycles. The van der Waals surface area contributed by atoms with Gasteiger partial charge in [-0.1, -0.05) is 68.3 Å². The average molecular weight is 521 g/mol. The number of phenols is 1. The van der Waals surface area contributed by atoms with Gasteiger partial charge in [0.25, 0.3) is 0 Å². The monoisotopic (exact) mass is 520 g/mol. The molecule has 0 spiro atoms. The summed E-state index contributed by atoms with van der Waals surface area (Å²) >= 11 is 0. The van der Waals surface area contributed by atoms with Crippen molar-refractivity contribution in [1.82, 2.24) is 4.90 Å². The van der Waals surface area contributed by atoms with Crippen molar-refractivity contribution in [1.29, 1.82) is 0 Å². The number of fused-ring (bicyclic) bond motifs is 1. The molecule has 8 rings (SSSR count). The van der Waals surface area contributed by atoms with Crippen LogP contribution in [0.1, 0.15) is 93.0 Å². The largest absolute Gasteiger partial charge is 0.508 e. The van der Waals surface area contributed by atoms with Gasteiger partial charge in [0.05, 0.1) is 6.04 Å². The van der Waals surface area contributed by atoms with E-state index in [1.165, 1.54) is 85.7 Å². The molecular weight excluding hydrogens is 476 g/mol. The van der Waals surface area contributed by atoms with Crippen molar-refractivity contribution in [2.24, 2.45) is 17.8 Å². The maximum absolute atomic E-state index is 10.4. The highest BCUT2D eigenvalue weighted by Crippen LogP contribution is 2.56. The van der Waals surface area contributed by atoms with Gasteiger partial charge in [0.2, 0.25) is 0 Å². The minimum atomic E-state index is 0.185. The Labute approximate surface area is 234 Å². The van der Waals surface area contributed by atoms with E-state index >= 15 is 0 Å². The number of hydrogen-bond acceptors (Lipinski definition) is 3. The summed E-state index contributed by atoms with van der Waals surface area (Å²) in [5.74, 6) is 3.23. The molecular formula is C36H44N2O. The van der Waals surface area contributed by atoms with E-state index in [4.69, 9.17) is 0 Å². The third-order valence-electron chi connectivity index (χ3n) is 10.5. The van der Waals surface area contributed by atoms with Crippen LogP contribution in [0.5, 0.6) is 5.75 Å². The molecule has 0 amide bonds. The van der Waals surface area contributed by atoms with Crippen molar-refractivity contribution >= 4 is 5.69 Å². The van der Waals surface area contributed by atoms with E-state index in [1.807, 2.05) is 12.1 Å². The quantitative estimate of drug-likeness (QED) is 0.313. The van der Waals surface area contributed by atoms with Crippen molar-refractivity contribution in [2.75, 3.05) is 5.32 Å². The first-order chi connectivity index (χ1) is 19.1. The SMILES string of the molecule is CCCC[C@H]1Cc2cc(O)ccc2[C@H](c2ccc(NC34CC5CC(CC(C5)C3)C4)cc2)N1Cc1ccccc1. The Hall–Kier alpha value is -2.78. The van der Waals surface area contributed by atoms with Crippen LogP contribution in [0.2, 0.25) is 0 Å². The first kappa shape index (κ1) is 25.2. The maximum Gasteiger partial charge on any atom is 0.115 e. The fourth-order valence-corrected chi connectivity index (χ4v) is 9.21. The number of rotatable bonds is 8. The lowest BCUT2D eigenvalue weighted by atomic mass is 9.53. The number of nitrogens with zero attached hydrogens (tertiary/aromatic N) is 1. The average Bonchev–Trinajstić information content (AvgIpc) is 2.92. The van der Waals surface area contributed by atoms with Crippen molar-refractivity contribution in [3.63, 3.8) is 0 Å². The van der Waals surface area contributed by atoms with Crippen LogP contribution in [0.4, 0.5) is 5.69 Å². The first-order valence-electron chi connectivity index (χ1n) is 15.6. The number of nitrogens with one attached hydrogen (secondary N) is 1. The Kier molecular flexibility index (Phi) is 6.67. The zero-order valence-corrected chi connectivity index (χ0v) is 23.5. The van der Waals surface area contributed by atoms with E-state index in [1.54, 1.807) is 0 Å². The van der Waals surface area contributed by atoms with E-state index in [0.29, 0.717) is 17.3 Å². The molecule has 1 aliphatic heterocycles. The molecule has 4 saturated carbocycles. The van der Waals surface area contributed by atoms with Crippen molar-refractivity contribution < 1.29 is 5.11 Å². The molecule has 3 nitrogen and oxygen atoms in total. The lowest BCUT2D eigenvalue weighted by Gasteiger charge is -2.57. The third-order valence-corrected chi connectivity index (χ3v) is 10.5. The van der Waals surface area contributed by atoms with Gasteiger partial charge >= 0.3 is 0 Å². The van der Waals surface area contributed by atoms with E-state index in [0.717, 1.165) is 30.7 Å². The highest BCUT2D eigenvalue weighted by atomic mass is 16.3. The summed E-state index contributed by atoms with van der Waals surface area (Å²) in [7, 11) is 0. The highest BCUT2D eigenvalue weighted by molar-refractivity contribution is 5.51. The van der Waals surface area contributed by atoms with Crippen LogP contribution in [0.25, 0.3) is 0 Å². The Morgan fingerprint density at radius 3 is 2.23 bits per heavy atom. The predicted molar refractivity (Wildman–Crippen MR) is 160 cm³/mol. The highest BCUT2D eigenvalue weighted by Gasteiger charge is 2.50. The molecule has 4 bridgehead atoms. The van der Waals surface area contributed by atoms with Gasteiger partial charge in [0.1, 0.15) is 5.75 Å². The van der Waals surface area contributed by atoms with Crippen molar-refractivity contribution in [3.05, 3.63) is 95.1 Å². The molecule has 0 radical (unpaired) electrons. The molecule has 3 heteroatoms. The Balaban J connectivity index is 1.21. The second-order valence-electron chi connectivity index (χ2n) is 13.4. The summed E-state index contributed by atoms with van der Waals surface area (Å²) < 4.78 is 0. The molecule has 4 aliphatic carbocycles. The fourth-order valence-electron chi connectivity index (χ4n) is 9.21. The number of phenolic OH excluding ortho intramolecular Hbond substituents is 1. The van der Waals surface area contributed by atoms with Crippen molar-refractivity contribution in [2.45, 2.75) is 95.3 Å². The fraction of sp³-hybridized carbons (Fsp3) is 0.500. The normalized spacial score (nSPS) is 31.3. The van der Waals surface area contributed by atoms with Crippen LogP contribution in [0.15, 0.2) is 72.8 Å². The molecule has 39 heavy (non-hydrogen) atoms. The Morgan fingerprint density at radius 2 is 1.56 bits per heavy atom. The van der Waals surface area contributed by atoms with Gasteiger partial charge in [0, 0.05) is 23.8 Å². The minimum absolute atomic E-state index is 0.185. The predicted octanol–water partition coefficient (Wildman–Crippen LogP) is 8.48. The molecule has 5 aliphatic rings. The number of unbranched alkanes of at least 4 members (excludes halogenated alkanes) is 1. The minimum Gasteiger partial charge on any atom is -0.508 e. The van der Waals surface area contributed by atoms with E-state index < -0.39 is 0 Å². The van der Waals surface area contributed by atoms with E-state index in [-0.39, 0.29) is 6.04 Å². The van der Waals surface area contributed by atoms with Crippen LogP contribution >= 0.6 is 0 Å². The number of aromatic hydroxyl groups is 1. The number of hydrogen-bond donors (Lipinski definition) is 2. The van der Waals surface area contributed by atoms with Crippen molar-refractivity contribution in [3.8, 4) is 5.75 Å². The van der Waals surface area contributed by atoms with Gasteiger partial charge in [-0.3, -0.25) is 4.90 Å². The molecule has 0 saturated heterocycles. The van der Waals surface area contributed by atoms with Crippen LogP contribution in [0.3, 0.4) is 0 Å². The van der Waals surface area contributed by atoms with E-state index in [9.17, 15) is 5.11 Å². The second kappa shape index (κ2) is 10.3. The number of anilines is 1. The smallest absolute Gasteiger partial charge is 0.115 e. The number of benzene rings is 3. The lowest BCUT2D eigenvalue weighted by molar-refractivity contribution is 0.0107. The molecule has 4 fully saturated rings. The second-order valence-corrected chi connectivity index (χ2v) is 13.4. The van der Waals surface area contributed by atoms with Gasteiger partial charge in [-0.2, -0.15) is 0 Å². The lowest BCUT2D eigenvalue weighted by Crippen LogP contribution is -2.54. The zero-order chi connectivity index (χ0) is 26.4. The molecule has 0 aromatic heterocycles. The van der Waals surface area contributed by atoms with Crippen LogP contribution < -0.4 is 5.32 Å². The molecule has 3 aromatic rings. The summed E-state index contributed by atoms with van der Waals surface area (Å²) in [6.07, 6.45) is 13.1. The maximum atomic E-state index is 10.4. The van der Waals surface area contributed by atoms with Crippen LogP contribution in [0, 0.1) is 17.8 Å². The molecule has 0 unspecified atom stereocenters. The molecule has 3 aromatic carbocycles. The van der Waals surface area contributed by atoms with E-state index in [2.05, 4.69) is 77.8 Å². The van der Waals surface area contributed by atoms with Gasteiger partial charge in [-0.25, -0.2) is 0 Å². The first-order valence-corrected chi connectivity index (χ1v) is 15.6.